The topological polar surface area (TPSA) is 38.5 Å². The van der Waals surface area contributed by atoms with E-state index < -0.39 is 0 Å². The Hall–Kier alpha value is 0.0600. The number of rotatable bonds is 4. The molecule has 3 atom stereocenters. The highest BCUT2D eigenvalue weighted by Crippen LogP contribution is 2.33. The van der Waals surface area contributed by atoms with Gasteiger partial charge in [0.1, 0.15) is 0 Å². The quantitative estimate of drug-likeness (QED) is 0.921. The molecule has 2 N–H and O–H groups in total. The Bertz CT molecular complexity index is 385. The van der Waals surface area contributed by atoms with E-state index in [0.717, 1.165) is 13.1 Å². The molecule has 0 amide bonds. The lowest BCUT2D eigenvalue weighted by Gasteiger charge is -2.40. The van der Waals surface area contributed by atoms with Gasteiger partial charge in [0.2, 0.25) is 0 Å². The third-order valence-corrected chi connectivity index (χ3v) is 5.53. The Balaban J connectivity index is 2.09. The van der Waals surface area contributed by atoms with Gasteiger partial charge in [0.05, 0.1) is 15.9 Å². The van der Waals surface area contributed by atoms with Crippen LogP contribution < -0.4 is 5.73 Å². The molecule has 1 aromatic heterocycles. The molecular formula is C13H21BrN2OS. The maximum absolute atomic E-state index is 5.98. The Morgan fingerprint density at radius 1 is 1.61 bits per heavy atom. The standard InChI is InChI=1S/C13H21BrN2OS/c1-9-5-6-16(8-11(9)17-2)10(7-15)12-3-4-13(14)18-12/h3-4,9-11H,5-8,15H2,1-2H3. The molecule has 1 aliphatic heterocycles. The number of likely N-dealkylation sites (tertiary alicyclic amines) is 1. The molecule has 0 spiro atoms. The van der Waals surface area contributed by atoms with Crippen molar-refractivity contribution in [3.05, 3.63) is 20.8 Å². The zero-order valence-corrected chi connectivity index (χ0v) is 13.3. The van der Waals surface area contributed by atoms with Crippen LogP contribution in [0.4, 0.5) is 0 Å². The number of methoxy groups -OCH3 is 1. The molecule has 0 bridgehead atoms. The molecule has 3 unspecified atom stereocenters. The summed E-state index contributed by atoms with van der Waals surface area (Å²) in [4.78, 5) is 3.81. The number of ether oxygens (including phenoxy) is 1. The fraction of sp³-hybridized carbons (Fsp3) is 0.692. The smallest absolute Gasteiger partial charge is 0.0724 e. The molecule has 1 aliphatic rings. The highest BCUT2D eigenvalue weighted by molar-refractivity contribution is 9.11. The van der Waals surface area contributed by atoms with Crippen LogP contribution in [0.25, 0.3) is 0 Å². The second-order valence-electron chi connectivity index (χ2n) is 4.93. The summed E-state index contributed by atoms with van der Waals surface area (Å²) in [5.41, 5.74) is 5.98. The SMILES string of the molecule is COC1CN(C(CN)c2ccc(Br)s2)CCC1C. The minimum atomic E-state index is 0.325. The summed E-state index contributed by atoms with van der Waals surface area (Å²) in [6.45, 7) is 5.02. The molecule has 1 fully saturated rings. The fourth-order valence-electron chi connectivity index (χ4n) is 2.60. The summed E-state index contributed by atoms with van der Waals surface area (Å²) in [7, 11) is 1.81. The van der Waals surface area contributed by atoms with Gasteiger partial charge in [-0.1, -0.05) is 6.92 Å². The van der Waals surface area contributed by atoms with E-state index in [2.05, 4.69) is 39.9 Å². The Morgan fingerprint density at radius 2 is 2.39 bits per heavy atom. The van der Waals surface area contributed by atoms with Gasteiger partial charge in [0.25, 0.3) is 0 Å². The zero-order chi connectivity index (χ0) is 13.1. The summed E-state index contributed by atoms with van der Waals surface area (Å²) >= 11 is 5.30. The largest absolute Gasteiger partial charge is 0.380 e. The summed E-state index contributed by atoms with van der Waals surface area (Å²) in [5.74, 6) is 0.639. The second-order valence-corrected chi connectivity index (χ2v) is 7.42. The first-order valence-corrected chi connectivity index (χ1v) is 7.98. The Labute approximate surface area is 121 Å². The minimum absolute atomic E-state index is 0.325. The van der Waals surface area contributed by atoms with Crippen molar-refractivity contribution in [3.8, 4) is 0 Å². The van der Waals surface area contributed by atoms with Crippen molar-refractivity contribution in [1.82, 2.24) is 4.90 Å². The maximum Gasteiger partial charge on any atom is 0.0724 e. The first-order valence-electron chi connectivity index (χ1n) is 6.37. The van der Waals surface area contributed by atoms with E-state index in [1.165, 1.54) is 15.1 Å². The molecule has 3 nitrogen and oxygen atoms in total. The molecule has 0 aliphatic carbocycles. The fourth-order valence-corrected chi connectivity index (χ4v) is 4.17. The number of hydrogen-bond donors (Lipinski definition) is 1. The molecule has 5 heteroatoms. The Kier molecular flexibility index (Phi) is 5.21. The molecule has 0 aromatic carbocycles. The summed E-state index contributed by atoms with van der Waals surface area (Å²) in [6.07, 6.45) is 1.51. The van der Waals surface area contributed by atoms with Crippen molar-refractivity contribution in [2.24, 2.45) is 11.7 Å². The van der Waals surface area contributed by atoms with Gasteiger partial charge in [-0.25, -0.2) is 0 Å². The Morgan fingerprint density at radius 3 is 2.94 bits per heavy atom. The van der Waals surface area contributed by atoms with Crippen molar-refractivity contribution in [3.63, 3.8) is 0 Å². The summed E-state index contributed by atoms with van der Waals surface area (Å²) < 4.78 is 6.75. The first kappa shape index (κ1) is 14.5. The maximum atomic E-state index is 5.98. The third kappa shape index (κ3) is 3.14. The highest BCUT2D eigenvalue weighted by atomic mass is 79.9. The van der Waals surface area contributed by atoms with E-state index in [0.29, 0.717) is 24.6 Å². The van der Waals surface area contributed by atoms with E-state index in [-0.39, 0.29) is 0 Å². The minimum Gasteiger partial charge on any atom is -0.380 e. The number of piperidine rings is 1. The van der Waals surface area contributed by atoms with Gasteiger partial charge in [-0.2, -0.15) is 0 Å². The monoisotopic (exact) mass is 332 g/mol. The van der Waals surface area contributed by atoms with Gasteiger partial charge in [-0.3, -0.25) is 4.90 Å². The third-order valence-electron chi connectivity index (χ3n) is 3.81. The van der Waals surface area contributed by atoms with Gasteiger partial charge in [-0.05, 0) is 46.9 Å². The number of thiophene rings is 1. The van der Waals surface area contributed by atoms with E-state index in [4.69, 9.17) is 10.5 Å². The average Bonchev–Trinajstić information content (AvgIpc) is 2.79. The second kappa shape index (κ2) is 6.48. The van der Waals surface area contributed by atoms with E-state index in [9.17, 15) is 0 Å². The van der Waals surface area contributed by atoms with Crippen LogP contribution in [0.15, 0.2) is 15.9 Å². The predicted octanol–water partition coefficient (Wildman–Crippen LogP) is 2.87. The van der Waals surface area contributed by atoms with Gasteiger partial charge in [-0.15, -0.1) is 11.3 Å². The lowest BCUT2D eigenvalue weighted by Crippen LogP contribution is -2.46. The van der Waals surface area contributed by atoms with Crippen LogP contribution >= 0.6 is 27.3 Å². The highest BCUT2D eigenvalue weighted by Gasteiger charge is 2.30. The van der Waals surface area contributed by atoms with Crippen molar-refractivity contribution in [2.75, 3.05) is 26.7 Å². The molecule has 1 aromatic rings. The predicted molar refractivity (Wildman–Crippen MR) is 80.0 cm³/mol. The van der Waals surface area contributed by atoms with Crippen LogP contribution in [-0.4, -0.2) is 37.7 Å². The van der Waals surface area contributed by atoms with E-state index in [1.807, 2.05) is 7.11 Å². The van der Waals surface area contributed by atoms with Crippen LogP contribution in [0.2, 0.25) is 0 Å². The summed E-state index contributed by atoms with van der Waals surface area (Å²) in [6, 6.07) is 4.60. The van der Waals surface area contributed by atoms with E-state index in [1.54, 1.807) is 11.3 Å². The zero-order valence-electron chi connectivity index (χ0n) is 10.9. The van der Waals surface area contributed by atoms with E-state index >= 15 is 0 Å². The molecule has 0 saturated carbocycles. The van der Waals surface area contributed by atoms with Gasteiger partial charge < -0.3 is 10.5 Å². The van der Waals surface area contributed by atoms with Crippen LogP contribution in [0.5, 0.6) is 0 Å². The molecular weight excluding hydrogens is 312 g/mol. The molecule has 102 valence electrons. The van der Waals surface area contributed by atoms with Gasteiger partial charge >= 0.3 is 0 Å². The van der Waals surface area contributed by atoms with Crippen molar-refractivity contribution >= 4 is 27.3 Å². The van der Waals surface area contributed by atoms with Crippen LogP contribution in [-0.2, 0) is 4.74 Å². The lowest BCUT2D eigenvalue weighted by atomic mass is 9.94. The molecule has 1 saturated heterocycles. The van der Waals surface area contributed by atoms with Crippen molar-refractivity contribution in [1.29, 1.82) is 0 Å². The number of hydrogen-bond acceptors (Lipinski definition) is 4. The normalized spacial score (nSPS) is 27.3. The van der Waals surface area contributed by atoms with Crippen LogP contribution in [0.1, 0.15) is 24.3 Å². The molecule has 2 heterocycles. The molecule has 18 heavy (non-hydrogen) atoms. The van der Waals surface area contributed by atoms with Gasteiger partial charge in [0.15, 0.2) is 0 Å². The number of halogens is 1. The molecule has 0 radical (unpaired) electrons. The first-order chi connectivity index (χ1) is 8.65. The number of nitrogens with zero attached hydrogens (tertiary/aromatic N) is 1. The van der Waals surface area contributed by atoms with Crippen molar-refractivity contribution in [2.45, 2.75) is 25.5 Å². The lowest BCUT2D eigenvalue weighted by molar-refractivity contribution is -0.0178. The number of nitrogens with two attached hydrogens (primary N) is 1. The van der Waals surface area contributed by atoms with Crippen molar-refractivity contribution < 1.29 is 4.74 Å². The average molecular weight is 333 g/mol. The van der Waals surface area contributed by atoms with Crippen LogP contribution in [0, 0.1) is 5.92 Å². The van der Waals surface area contributed by atoms with Crippen LogP contribution in [0.3, 0.4) is 0 Å². The summed E-state index contributed by atoms with van der Waals surface area (Å²) in [5, 5.41) is 0. The molecule has 2 rings (SSSR count). The van der Waals surface area contributed by atoms with Gasteiger partial charge in [0, 0.05) is 25.1 Å².